The highest BCUT2D eigenvalue weighted by Gasteiger charge is 2.23. The molecule has 1 aliphatic carbocycles. The number of carbonyl (C=O) groups excluding carboxylic acids is 1. The van der Waals surface area contributed by atoms with Crippen molar-refractivity contribution in [3.05, 3.63) is 0 Å². The fourth-order valence-corrected chi connectivity index (χ4v) is 2.66. The van der Waals surface area contributed by atoms with Crippen molar-refractivity contribution in [2.75, 3.05) is 19.8 Å². The molecule has 3 atom stereocenters. The molecule has 3 unspecified atom stereocenters. The zero-order valence-electron chi connectivity index (χ0n) is 12.6. The summed E-state index contributed by atoms with van der Waals surface area (Å²) < 4.78 is 11.0. The number of carbonyl (C=O) groups is 1. The van der Waals surface area contributed by atoms with Crippen LogP contribution in [0.4, 0.5) is 0 Å². The van der Waals surface area contributed by atoms with Crippen molar-refractivity contribution in [1.29, 1.82) is 0 Å². The van der Waals surface area contributed by atoms with Crippen LogP contribution in [0.15, 0.2) is 0 Å². The average molecular weight is 271 g/mol. The molecule has 0 heterocycles. The number of esters is 1. The van der Waals surface area contributed by atoms with E-state index in [4.69, 9.17) is 9.47 Å². The molecular formula is C15H29NO3. The van der Waals surface area contributed by atoms with Gasteiger partial charge in [0.15, 0.2) is 0 Å². The number of rotatable bonds is 8. The molecule has 1 N–H and O–H groups in total. The lowest BCUT2D eigenvalue weighted by Gasteiger charge is -2.29. The predicted molar refractivity (Wildman–Crippen MR) is 76.1 cm³/mol. The molecule has 0 radical (unpaired) electrons. The van der Waals surface area contributed by atoms with Gasteiger partial charge in [0.25, 0.3) is 0 Å². The summed E-state index contributed by atoms with van der Waals surface area (Å²) in [6.07, 6.45) is 6.08. The second kappa shape index (κ2) is 9.32. The third kappa shape index (κ3) is 5.91. The molecule has 0 spiro atoms. The molecule has 0 bridgehead atoms. The Kier molecular flexibility index (Phi) is 8.07. The number of ether oxygens (including phenoxy) is 2. The van der Waals surface area contributed by atoms with Gasteiger partial charge < -0.3 is 14.8 Å². The standard InChI is InChI=1S/C15H29NO3/c1-4-16-13(15(17)18-5-2)10-11-19-14-9-7-6-8-12(14)3/h12-14,16H,4-11H2,1-3H3. The van der Waals surface area contributed by atoms with Crippen LogP contribution in [0.25, 0.3) is 0 Å². The zero-order valence-corrected chi connectivity index (χ0v) is 12.6. The van der Waals surface area contributed by atoms with Gasteiger partial charge in [-0.25, -0.2) is 0 Å². The lowest BCUT2D eigenvalue weighted by atomic mass is 9.88. The summed E-state index contributed by atoms with van der Waals surface area (Å²) in [6, 6.07) is -0.233. The molecule has 19 heavy (non-hydrogen) atoms. The summed E-state index contributed by atoms with van der Waals surface area (Å²) in [5.41, 5.74) is 0. The Morgan fingerprint density at radius 2 is 2.05 bits per heavy atom. The van der Waals surface area contributed by atoms with Crippen LogP contribution in [0, 0.1) is 5.92 Å². The Morgan fingerprint density at radius 3 is 2.68 bits per heavy atom. The van der Waals surface area contributed by atoms with E-state index >= 15 is 0 Å². The van der Waals surface area contributed by atoms with E-state index in [0.717, 1.165) is 13.0 Å². The minimum Gasteiger partial charge on any atom is -0.465 e. The monoisotopic (exact) mass is 271 g/mol. The quantitative estimate of drug-likeness (QED) is 0.689. The third-order valence-electron chi connectivity index (χ3n) is 3.79. The molecule has 4 nitrogen and oxygen atoms in total. The van der Waals surface area contributed by atoms with Gasteiger partial charge in [0.05, 0.1) is 12.7 Å². The van der Waals surface area contributed by atoms with Gasteiger partial charge in [-0.2, -0.15) is 0 Å². The number of likely N-dealkylation sites (N-methyl/N-ethyl adjacent to an activating group) is 1. The van der Waals surface area contributed by atoms with Crippen molar-refractivity contribution >= 4 is 5.97 Å². The predicted octanol–water partition coefficient (Wildman–Crippen LogP) is 2.51. The van der Waals surface area contributed by atoms with E-state index in [2.05, 4.69) is 12.2 Å². The smallest absolute Gasteiger partial charge is 0.323 e. The molecule has 0 aromatic carbocycles. The average Bonchev–Trinajstić information content (AvgIpc) is 2.40. The molecule has 0 amide bonds. The molecule has 1 aliphatic rings. The lowest BCUT2D eigenvalue weighted by molar-refractivity contribution is -0.146. The molecule has 112 valence electrons. The summed E-state index contributed by atoms with van der Waals surface area (Å²) in [4.78, 5) is 11.7. The van der Waals surface area contributed by atoms with Gasteiger partial charge in [-0.05, 0) is 38.6 Å². The maximum Gasteiger partial charge on any atom is 0.323 e. The first kappa shape index (κ1) is 16.4. The highest BCUT2D eigenvalue weighted by Crippen LogP contribution is 2.26. The van der Waals surface area contributed by atoms with E-state index < -0.39 is 0 Å². The van der Waals surface area contributed by atoms with Crippen molar-refractivity contribution in [2.45, 2.75) is 65.0 Å². The first-order valence-corrected chi connectivity index (χ1v) is 7.70. The van der Waals surface area contributed by atoms with Crippen LogP contribution in [0.2, 0.25) is 0 Å². The van der Waals surface area contributed by atoms with Gasteiger partial charge >= 0.3 is 5.97 Å². The van der Waals surface area contributed by atoms with Crippen molar-refractivity contribution in [3.63, 3.8) is 0 Å². The van der Waals surface area contributed by atoms with Crippen LogP contribution < -0.4 is 5.32 Å². The van der Waals surface area contributed by atoms with Crippen LogP contribution in [0.1, 0.15) is 52.9 Å². The van der Waals surface area contributed by atoms with Crippen molar-refractivity contribution < 1.29 is 14.3 Å². The maximum absolute atomic E-state index is 11.7. The largest absolute Gasteiger partial charge is 0.465 e. The van der Waals surface area contributed by atoms with Gasteiger partial charge in [0, 0.05) is 6.61 Å². The van der Waals surface area contributed by atoms with E-state index in [0.29, 0.717) is 31.7 Å². The van der Waals surface area contributed by atoms with Crippen molar-refractivity contribution in [3.8, 4) is 0 Å². The summed E-state index contributed by atoms with van der Waals surface area (Å²) in [6.45, 7) is 7.92. The molecule has 0 aromatic heterocycles. The van der Waals surface area contributed by atoms with Gasteiger partial charge in [0.2, 0.25) is 0 Å². The SMILES string of the molecule is CCNC(CCOC1CCCCC1C)C(=O)OCC. The number of nitrogens with one attached hydrogen (secondary N) is 1. The summed E-state index contributed by atoms with van der Waals surface area (Å²) in [5.74, 6) is 0.485. The fourth-order valence-electron chi connectivity index (χ4n) is 2.66. The molecule has 1 saturated carbocycles. The van der Waals surface area contributed by atoms with Crippen LogP contribution in [0.5, 0.6) is 0 Å². The van der Waals surface area contributed by atoms with Gasteiger partial charge in [0.1, 0.15) is 6.04 Å². The minimum absolute atomic E-state index is 0.162. The summed E-state index contributed by atoms with van der Waals surface area (Å²) >= 11 is 0. The van der Waals surface area contributed by atoms with Gasteiger partial charge in [-0.1, -0.05) is 26.7 Å². The second-order valence-electron chi connectivity index (χ2n) is 5.32. The topological polar surface area (TPSA) is 47.6 Å². The third-order valence-corrected chi connectivity index (χ3v) is 3.79. The summed E-state index contributed by atoms with van der Waals surface area (Å²) in [5, 5.41) is 3.16. The number of hydrogen-bond donors (Lipinski definition) is 1. The highest BCUT2D eigenvalue weighted by molar-refractivity contribution is 5.75. The first-order valence-electron chi connectivity index (χ1n) is 7.70. The molecule has 0 aliphatic heterocycles. The highest BCUT2D eigenvalue weighted by atomic mass is 16.5. The Balaban J connectivity index is 2.28. The van der Waals surface area contributed by atoms with Crippen LogP contribution in [0.3, 0.4) is 0 Å². The lowest BCUT2D eigenvalue weighted by Crippen LogP contribution is -2.39. The Morgan fingerprint density at radius 1 is 1.32 bits per heavy atom. The van der Waals surface area contributed by atoms with Gasteiger partial charge in [-0.3, -0.25) is 4.79 Å². The molecular weight excluding hydrogens is 242 g/mol. The number of hydrogen-bond acceptors (Lipinski definition) is 4. The van der Waals surface area contributed by atoms with E-state index in [1.54, 1.807) is 0 Å². The molecule has 1 fully saturated rings. The van der Waals surface area contributed by atoms with E-state index in [-0.39, 0.29) is 12.0 Å². The zero-order chi connectivity index (χ0) is 14.1. The van der Waals surface area contributed by atoms with Crippen LogP contribution in [-0.2, 0) is 14.3 Å². The fraction of sp³-hybridized carbons (Fsp3) is 0.933. The van der Waals surface area contributed by atoms with Crippen molar-refractivity contribution in [2.24, 2.45) is 5.92 Å². The Hall–Kier alpha value is -0.610. The van der Waals surface area contributed by atoms with Gasteiger partial charge in [-0.15, -0.1) is 0 Å². The van der Waals surface area contributed by atoms with Crippen LogP contribution >= 0.6 is 0 Å². The van der Waals surface area contributed by atoms with Crippen molar-refractivity contribution in [1.82, 2.24) is 5.32 Å². The molecule has 0 aromatic rings. The molecule has 1 rings (SSSR count). The van der Waals surface area contributed by atoms with E-state index in [1.165, 1.54) is 19.3 Å². The second-order valence-corrected chi connectivity index (χ2v) is 5.32. The Labute approximate surface area is 117 Å². The van der Waals surface area contributed by atoms with E-state index in [1.807, 2.05) is 13.8 Å². The molecule has 4 heteroatoms. The maximum atomic E-state index is 11.7. The summed E-state index contributed by atoms with van der Waals surface area (Å²) in [7, 11) is 0. The Bertz CT molecular complexity index is 258. The minimum atomic E-state index is -0.233. The normalized spacial score (nSPS) is 25.0. The first-order chi connectivity index (χ1) is 9.19. The van der Waals surface area contributed by atoms with E-state index in [9.17, 15) is 4.79 Å². The van der Waals surface area contributed by atoms with Crippen LogP contribution in [-0.4, -0.2) is 37.9 Å². The molecule has 0 saturated heterocycles.